The van der Waals surface area contributed by atoms with Gasteiger partial charge in [-0.3, -0.25) is 0 Å². The lowest BCUT2D eigenvalue weighted by atomic mass is 10.1. The number of hydrogen-bond acceptors (Lipinski definition) is 3. The summed E-state index contributed by atoms with van der Waals surface area (Å²) in [5.74, 6) is 2.31. The van der Waals surface area contributed by atoms with Crippen LogP contribution < -0.4 is 4.74 Å². The number of esters is 1. The molecular formula is C17H10O3. The number of ether oxygens (including phenoxy) is 1. The van der Waals surface area contributed by atoms with Gasteiger partial charge in [-0.1, -0.05) is 30.3 Å². The van der Waals surface area contributed by atoms with Crippen LogP contribution in [0.5, 0.6) is 5.75 Å². The first-order valence-corrected chi connectivity index (χ1v) is 6.04. The zero-order chi connectivity index (χ0) is 13.9. The normalized spacial score (nSPS) is 10.2. The molecule has 0 amide bonds. The van der Waals surface area contributed by atoms with Gasteiger partial charge >= 0.3 is 5.97 Å². The summed E-state index contributed by atoms with van der Waals surface area (Å²) in [7, 11) is 0. The first-order chi connectivity index (χ1) is 9.76. The van der Waals surface area contributed by atoms with Gasteiger partial charge in [-0.2, -0.15) is 0 Å². The van der Waals surface area contributed by atoms with E-state index in [4.69, 9.17) is 15.6 Å². The number of rotatable bonds is 2. The Kier molecular flexibility index (Phi) is 2.98. The van der Waals surface area contributed by atoms with Gasteiger partial charge in [0.25, 0.3) is 0 Å². The van der Waals surface area contributed by atoms with Crippen molar-refractivity contribution < 1.29 is 13.9 Å². The quantitative estimate of drug-likeness (QED) is 0.306. The third kappa shape index (κ3) is 2.27. The van der Waals surface area contributed by atoms with Crippen LogP contribution in [0.2, 0.25) is 0 Å². The van der Waals surface area contributed by atoms with E-state index in [1.807, 2.05) is 48.4 Å². The molecule has 0 atom stereocenters. The van der Waals surface area contributed by atoms with E-state index in [9.17, 15) is 4.79 Å². The fraction of sp³-hybridized carbons (Fsp3) is 0. The highest BCUT2D eigenvalue weighted by Gasteiger charge is 2.08. The van der Waals surface area contributed by atoms with Gasteiger partial charge in [0.2, 0.25) is 0 Å². The lowest BCUT2D eigenvalue weighted by Gasteiger charge is -1.98. The highest BCUT2D eigenvalue weighted by Crippen LogP contribution is 2.30. The monoisotopic (exact) mass is 262 g/mol. The molecule has 0 N–H and O–H groups in total. The third-order valence-corrected chi connectivity index (χ3v) is 2.88. The van der Waals surface area contributed by atoms with Gasteiger partial charge in [-0.25, -0.2) is 4.79 Å². The van der Waals surface area contributed by atoms with Crippen LogP contribution in [-0.2, 0) is 4.79 Å². The number of carbonyl (C=O) groups is 1. The smallest absolute Gasteiger partial charge is 0.389 e. The van der Waals surface area contributed by atoms with Crippen molar-refractivity contribution in [1.29, 1.82) is 0 Å². The molecule has 3 nitrogen and oxygen atoms in total. The molecule has 2 aromatic carbocycles. The van der Waals surface area contributed by atoms with Crippen LogP contribution in [0.15, 0.2) is 59.0 Å². The van der Waals surface area contributed by atoms with Crippen LogP contribution in [0.3, 0.4) is 0 Å². The van der Waals surface area contributed by atoms with E-state index in [-0.39, 0.29) is 0 Å². The molecule has 3 rings (SSSR count). The summed E-state index contributed by atoms with van der Waals surface area (Å²) < 4.78 is 10.7. The summed E-state index contributed by atoms with van der Waals surface area (Å²) in [6.45, 7) is 0. The summed E-state index contributed by atoms with van der Waals surface area (Å²) in [6.07, 6.45) is 4.96. The number of furan rings is 1. The average Bonchev–Trinajstić information content (AvgIpc) is 2.91. The molecule has 0 aliphatic rings. The second kappa shape index (κ2) is 4.94. The number of benzene rings is 2. The van der Waals surface area contributed by atoms with E-state index < -0.39 is 5.97 Å². The van der Waals surface area contributed by atoms with Crippen molar-refractivity contribution in [3.8, 4) is 29.4 Å². The number of hydrogen-bond donors (Lipinski definition) is 0. The van der Waals surface area contributed by atoms with E-state index in [1.165, 1.54) is 0 Å². The number of terminal acetylenes is 1. The topological polar surface area (TPSA) is 39.4 Å². The Labute approximate surface area is 115 Å². The largest absolute Gasteiger partial charge is 0.456 e. The van der Waals surface area contributed by atoms with Crippen molar-refractivity contribution in [3.63, 3.8) is 0 Å². The summed E-state index contributed by atoms with van der Waals surface area (Å²) in [4.78, 5) is 11.1. The van der Waals surface area contributed by atoms with Crippen molar-refractivity contribution in [2.24, 2.45) is 0 Å². The summed E-state index contributed by atoms with van der Waals surface area (Å²) >= 11 is 0. The molecule has 96 valence electrons. The van der Waals surface area contributed by atoms with Crippen LogP contribution in [0, 0.1) is 12.3 Å². The highest BCUT2D eigenvalue weighted by atomic mass is 16.5. The molecule has 0 bridgehead atoms. The maximum Gasteiger partial charge on any atom is 0.389 e. The summed E-state index contributed by atoms with van der Waals surface area (Å²) in [5, 5.41) is 0.935. The minimum atomic E-state index is -0.723. The predicted molar refractivity (Wildman–Crippen MR) is 76.1 cm³/mol. The second-order valence-electron chi connectivity index (χ2n) is 4.21. The van der Waals surface area contributed by atoms with Gasteiger partial charge in [0, 0.05) is 22.9 Å². The van der Waals surface area contributed by atoms with E-state index >= 15 is 0 Å². The molecule has 1 aromatic heterocycles. The Morgan fingerprint density at radius 1 is 1.10 bits per heavy atom. The standard InChI is InChI=1S/C17H10O3/c1-2-17(18)19-14-9-8-13-10-15(20-16(13)11-14)12-6-4-3-5-7-12/h1,3-11H. The molecule has 0 saturated carbocycles. The molecule has 0 spiro atoms. The van der Waals surface area contributed by atoms with Crippen molar-refractivity contribution in [1.82, 2.24) is 0 Å². The fourth-order valence-corrected chi connectivity index (χ4v) is 1.96. The highest BCUT2D eigenvalue weighted by molar-refractivity contribution is 5.90. The molecule has 3 heteroatoms. The fourth-order valence-electron chi connectivity index (χ4n) is 1.96. The van der Waals surface area contributed by atoms with E-state index in [0.29, 0.717) is 11.3 Å². The minimum absolute atomic E-state index is 0.370. The predicted octanol–water partition coefficient (Wildman–Crippen LogP) is 3.64. The molecule has 0 unspecified atom stereocenters. The van der Waals surface area contributed by atoms with Gasteiger partial charge in [-0.15, -0.1) is 6.42 Å². The molecular weight excluding hydrogens is 252 g/mol. The van der Waals surface area contributed by atoms with Crippen LogP contribution >= 0.6 is 0 Å². The molecule has 0 fully saturated rings. The number of carbonyl (C=O) groups excluding carboxylic acids is 1. The summed E-state index contributed by atoms with van der Waals surface area (Å²) in [5.41, 5.74) is 1.64. The Bertz CT molecular complexity index is 807. The first-order valence-electron chi connectivity index (χ1n) is 6.04. The molecule has 0 radical (unpaired) electrons. The second-order valence-corrected chi connectivity index (χ2v) is 4.21. The van der Waals surface area contributed by atoms with E-state index in [1.54, 1.807) is 12.1 Å². The third-order valence-electron chi connectivity index (χ3n) is 2.88. The van der Waals surface area contributed by atoms with Crippen LogP contribution in [0.4, 0.5) is 0 Å². The Balaban J connectivity index is 2.00. The molecule has 3 aromatic rings. The maximum atomic E-state index is 11.1. The van der Waals surface area contributed by atoms with Gasteiger partial charge in [0.15, 0.2) is 0 Å². The maximum absolute atomic E-state index is 11.1. The number of fused-ring (bicyclic) bond motifs is 1. The summed E-state index contributed by atoms with van der Waals surface area (Å²) in [6, 6.07) is 16.9. The first kappa shape index (κ1) is 12.1. The zero-order valence-corrected chi connectivity index (χ0v) is 10.5. The van der Waals surface area contributed by atoms with Crippen molar-refractivity contribution >= 4 is 16.9 Å². The molecule has 0 aliphatic heterocycles. The Hall–Kier alpha value is -2.99. The molecule has 20 heavy (non-hydrogen) atoms. The molecule has 1 heterocycles. The van der Waals surface area contributed by atoms with E-state index in [2.05, 4.69) is 0 Å². The van der Waals surface area contributed by atoms with Crippen LogP contribution in [0.1, 0.15) is 0 Å². The van der Waals surface area contributed by atoms with Gasteiger partial charge < -0.3 is 9.15 Å². The van der Waals surface area contributed by atoms with Crippen molar-refractivity contribution in [2.45, 2.75) is 0 Å². The molecule has 0 aliphatic carbocycles. The average molecular weight is 262 g/mol. The van der Waals surface area contributed by atoms with Crippen molar-refractivity contribution in [2.75, 3.05) is 0 Å². The van der Waals surface area contributed by atoms with Crippen LogP contribution in [0.25, 0.3) is 22.3 Å². The van der Waals surface area contributed by atoms with E-state index in [0.717, 1.165) is 16.7 Å². The van der Waals surface area contributed by atoms with Crippen LogP contribution in [-0.4, -0.2) is 5.97 Å². The van der Waals surface area contributed by atoms with Gasteiger partial charge in [0.1, 0.15) is 17.1 Å². The van der Waals surface area contributed by atoms with Gasteiger partial charge in [0.05, 0.1) is 0 Å². The minimum Gasteiger partial charge on any atom is -0.456 e. The van der Waals surface area contributed by atoms with Gasteiger partial charge in [-0.05, 0) is 18.2 Å². The SMILES string of the molecule is C#CC(=O)Oc1ccc2cc(-c3ccccc3)oc2c1. The Morgan fingerprint density at radius 3 is 2.65 bits per heavy atom. The zero-order valence-electron chi connectivity index (χ0n) is 10.5. The van der Waals surface area contributed by atoms with Crippen molar-refractivity contribution in [3.05, 3.63) is 54.6 Å². The molecule has 0 saturated heterocycles. The lowest BCUT2D eigenvalue weighted by Crippen LogP contribution is -2.03. The Morgan fingerprint density at radius 2 is 1.90 bits per heavy atom. The lowest BCUT2D eigenvalue weighted by molar-refractivity contribution is -0.128.